The first-order valence-corrected chi connectivity index (χ1v) is 10.8. The van der Waals surface area contributed by atoms with Crippen LogP contribution in [-0.2, 0) is 18.3 Å². The van der Waals surface area contributed by atoms with Gasteiger partial charge in [0, 0.05) is 16.9 Å². The van der Waals surface area contributed by atoms with Crippen LogP contribution in [0.5, 0.6) is 5.75 Å². The standard InChI is InChI=1S/C20H22F3N3O2S/c21-20(22,23)11-5-6-13(17(28)9-11)18-12-7-8-29-10-14(12)19(26-25-18)24-15-3-1-2-4-16(15)27/h5-6,9,15-16,27-28H,1-4,7-8,10H2,(H,24,26)/t15-,16-/m1/s1. The minimum absolute atomic E-state index is 0.0839. The highest BCUT2D eigenvalue weighted by Gasteiger charge is 2.32. The third-order valence-electron chi connectivity index (χ3n) is 5.56. The van der Waals surface area contributed by atoms with Crippen LogP contribution in [0.3, 0.4) is 0 Å². The highest BCUT2D eigenvalue weighted by molar-refractivity contribution is 7.98. The number of hydrogen-bond acceptors (Lipinski definition) is 6. The minimum Gasteiger partial charge on any atom is -0.507 e. The lowest BCUT2D eigenvalue weighted by Crippen LogP contribution is -2.37. The Kier molecular flexibility index (Phi) is 5.61. The van der Waals surface area contributed by atoms with E-state index in [0.717, 1.165) is 54.7 Å². The van der Waals surface area contributed by atoms with Gasteiger partial charge in [0.05, 0.1) is 17.7 Å². The van der Waals surface area contributed by atoms with Crippen LogP contribution in [-0.4, -0.2) is 38.3 Å². The molecule has 0 radical (unpaired) electrons. The van der Waals surface area contributed by atoms with Gasteiger partial charge in [-0.25, -0.2) is 0 Å². The number of nitrogens with zero attached hydrogens (tertiary/aromatic N) is 2. The number of aliphatic hydroxyl groups excluding tert-OH is 1. The van der Waals surface area contributed by atoms with E-state index in [0.29, 0.717) is 23.7 Å². The molecular formula is C20H22F3N3O2S. The fraction of sp³-hybridized carbons (Fsp3) is 0.500. The van der Waals surface area contributed by atoms with Crippen LogP contribution in [0.4, 0.5) is 19.0 Å². The van der Waals surface area contributed by atoms with Gasteiger partial charge in [-0.1, -0.05) is 12.8 Å². The summed E-state index contributed by atoms with van der Waals surface area (Å²) in [4.78, 5) is 0. The van der Waals surface area contributed by atoms with Gasteiger partial charge in [0.15, 0.2) is 5.82 Å². The second kappa shape index (κ2) is 8.02. The minimum atomic E-state index is -4.52. The molecule has 0 amide bonds. The van der Waals surface area contributed by atoms with Crippen molar-refractivity contribution >= 4 is 17.6 Å². The van der Waals surface area contributed by atoms with E-state index < -0.39 is 23.6 Å². The van der Waals surface area contributed by atoms with Gasteiger partial charge >= 0.3 is 6.18 Å². The Labute approximate surface area is 170 Å². The molecule has 2 heterocycles. The largest absolute Gasteiger partial charge is 0.507 e. The number of phenolic OH excluding ortho intramolecular Hbond substituents is 1. The van der Waals surface area contributed by atoms with Crippen molar-refractivity contribution in [3.05, 3.63) is 34.9 Å². The van der Waals surface area contributed by atoms with E-state index in [-0.39, 0.29) is 11.6 Å². The summed E-state index contributed by atoms with van der Waals surface area (Å²) in [6, 6.07) is 2.85. The van der Waals surface area contributed by atoms with Gasteiger partial charge in [-0.2, -0.15) is 24.9 Å². The van der Waals surface area contributed by atoms with Crippen molar-refractivity contribution in [2.75, 3.05) is 11.1 Å². The molecular weight excluding hydrogens is 403 g/mol. The van der Waals surface area contributed by atoms with E-state index in [1.165, 1.54) is 6.07 Å². The highest BCUT2D eigenvalue weighted by Crippen LogP contribution is 2.40. The number of aromatic hydroxyl groups is 1. The summed E-state index contributed by atoms with van der Waals surface area (Å²) in [5.74, 6) is 1.72. The fourth-order valence-electron chi connectivity index (χ4n) is 3.98. The highest BCUT2D eigenvalue weighted by atomic mass is 32.2. The van der Waals surface area contributed by atoms with E-state index in [4.69, 9.17) is 0 Å². The Balaban J connectivity index is 1.71. The van der Waals surface area contributed by atoms with Crippen molar-refractivity contribution in [3.8, 4) is 17.0 Å². The van der Waals surface area contributed by atoms with E-state index in [2.05, 4.69) is 15.5 Å². The average Bonchev–Trinajstić information content (AvgIpc) is 2.69. The summed E-state index contributed by atoms with van der Waals surface area (Å²) >= 11 is 1.75. The zero-order chi connectivity index (χ0) is 20.6. The summed E-state index contributed by atoms with van der Waals surface area (Å²) in [7, 11) is 0. The molecule has 1 aromatic heterocycles. The lowest BCUT2D eigenvalue weighted by Gasteiger charge is -2.30. The molecule has 5 nitrogen and oxygen atoms in total. The van der Waals surface area contributed by atoms with E-state index in [1.807, 2.05) is 0 Å². The number of thioether (sulfide) groups is 1. The fourth-order valence-corrected chi connectivity index (χ4v) is 4.98. The number of phenols is 1. The van der Waals surface area contributed by atoms with Crippen LogP contribution in [0.2, 0.25) is 0 Å². The van der Waals surface area contributed by atoms with E-state index in [1.54, 1.807) is 11.8 Å². The molecule has 3 N–H and O–H groups in total. The molecule has 4 rings (SSSR count). The van der Waals surface area contributed by atoms with Crippen LogP contribution in [0.1, 0.15) is 42.4 Å². The van der Waals surface area contributed by atoms with Gasteiger partial charge in [-0.3, -0.25) is 0 Å². The van der Waals surface area contributed by atoms with Gasteiger partial charge in [0.2, 0.25) is 0 Å². The van der Waals surface area contributed by atoms with Crippen molar-refractivity contribution < 1.29 is 23.4 Å². The number of rotatable bonds is 3. The van der Waals surface area contributed by atoms with E-state index in [9.17, 15) is 23.4 Å². The Morgan fingerprint density at radius 3 is 2.62 bits per heavy atom. The molecule has 0 unspecified atom stereocenters. The first-order valence-electron chi connectivity index (χ1n) is 9.66. The smallest absolute Gasteiger partial charge is 0.416 e. The molecule has 1 aliphatic heterocycles. The molecule has 1 fully saturated rings. The number of aliphatic hydroxyl groups is 1. The third kappa shape index (κ3) is 4.16. The summed E-state index contributed by atoms with van der Waals surface area (Å²) in [5.41, 5.74) is 1.60. The summed E-state index contributed by atoms with van der Waals surface area (Å²) < 4.78 is 38.7. The van der Waals surface area contributed by atoms with Gasteiger partial charge in [-0.05, 0) is 48.8 Å². The maximum Gasteiger partial charge on any atom is 0.416 e. The predicted octanol–water partition coefficient (Wildman–Crippen LogP) is 4.37. The molecule has 2 aliphatic rings. The van der Waals surface area contributed by atoms with Crippen molar-refractivity contribution in [2.45, 2.75) is 56.2 Å². The van der Waals surface area contributed by atoms with Crippen LogP contribution in [0, 0.1) is 0 Å². The van der Waals surface area contributed by atoms with Crippen LogP contribution >= 0.6 is 11.8 Å². The van der Waals surface area contributed by atoms with Crippen molar-refractivity contribution in [1.82, 2.24) is 10.2 Å². The maximum absolute atomic E-state index is 12.9. The number of halogens is 3. The van der Waals surface area contributed by atoms with Crippen molar-refractivity contribution in [3.63, 3.8) is 0 Å². The normalized spacial score (nSPS) is 22.2. The Morgan fingerprint density at radius 2 is 1.90 bits per heavy atom. The van der Waals surface area contributed by atoms with Gasteiger partial charge in [-0.15, -0.1) is 10.2 Å². The lowest BCUT2D eigenvalue weighted by molar-refractivity contribution is -0.137. The molecule has 1 aromatic carbocycles. The van der Waals surface area contributed by atoms with Crippen LogP contribution in [0.25, 0.3) is 11.3 Å². The number of benzene rings is 1. The average molecular weight is 425 g/mol. The second-order valence-electron chi connectivity index (χ2n) is 7.49. The SMILES string of the molecule is Oc1cc(C(F)(F)F)ccc1-c1nnc(N[C@@H]2CCCC[C@H]2O)c2c1CCSC2. The number of aromatic nitrogens is 2. The van der Waals surface area contributed by atoms with Gasteiger partial charge in [0.1, 0.15) is 11.4 Å². The number of alkyl halides is 3. The number of hydrogen-bond donors (Lipinski definition) is 3. The number of fused-ring (bicyclic) bond motifs is 1. The van der Waals surface area contributed by atoms with Crippen molar-refractivity contribution in [2.24, 2.45) is 0 Å². The van der Waals surface area contributed by atoms with Crippen LogP contribution < -0.4 is 5.32 Å². The quantitative estimate of drug-likeness (QED) is 0.678. The second-order valence-corrected chi connectivity index (χ2v) is 8.59. The monoisotopic (exact) mass is 425 g/mol. The molecule has 2 atom stereocenters. The Hall–Kier alpha value is -2.00. The van der Waals surface area contributed by atoms with Gasteiger partial charge in [0.25, 0.3) is 0 Å². The zero-order valence-corrected chi connectivity index (χ0v) is 16.5. The number of nitrogens with one attached hydrogen (secondary N) is 1. The predicted molar refractivity (Wildman–Crippen MR) is 106 cm³/mol. The summed E-state index contributed by atoms with van der Waals surface area (Å²) in [5, 5.41) is 32.4. The molecule has 0 spiro atoms. The molecule has 1 saturated carbocycles. The first kappa shape index (κ1) is 20.3. The molecule has 156 valence electrons. The molecule has 0 saturated heterocycles. The molecule has 9 heteroatoms. The van der Waals surface area contributed by atoms with Crippen molar-refractivity contribution in [1.29, 1.82) is 0 Å². The Bertz CT molecular complexity index is 907. The summed E-state index contributed by atoms with van der Waals surface area (Å²) in [6.45, 7) is 0. The summed E-state index contributed by atoms with van der Waals surface area (Å²) in [6.07, 6.45) is -0.622. The molecule has 0 bridgehead atoms. The zero-order valence-electron chi connectivity index (χ0n) is 15.7. The third-order valence-corrected chi connectivity index (χ3v) is 6.55. The van der Waals surface area contributed by atoms with Crippen LogP contribution in [0.15, 0.2) is 18.2 Å². The van der Waals surface area contributed by atoms with E-state index >= 15 is 0 Å². The lowest BCUT2D eigenvalue weighted by atomic mass is 9.92. The maximum atomic E-state index is 12.9. The Morgan fingerprint density at radius 1 is 1.10 bits per heavy atom. The van der Waals surface area contributed by atoms with Gasteiger partial charge < -0.3 is 15.5 Å². The first-order chi connectivity index (χ1) is 13.8. The number of anilines is 1. The molecule has 2 aromatic rings. The molecule has 29 heavy (non-hydrogen) atoms. The molecule has 1 aliphatic carbocycles. The topological polar surface area (TPSA) is 78.3 Å².